The van der Waals surface area contributed by atoms with Gasteiger partial charge in [-0.1, -0.05) is 59.7 Å². The Balaban J connectivity index is 0.000000143. The molecule has 8 rings (SSSR count). The molecule has 44 heavy (non-hydrogen) atoms. The number of nitrogens with zero attached hydrogens (tertiary/aromatic N) is 6. The second-order valence-corrected chi connectivity index (χ2v) is 12.7. The summed E-state index contributed by atoms with van der Waals surface area (Å²) in [5.41, 5.74) is 12.3. The van der Waals surface area contributed by atoms with Crippen molar-refractivity contribution < 1.29 is 5.11 Å². The lowest BCUT2D eigenvalue weighted by Gasteiger charge is -2.26. The number of benzene rings is 2. The van der Waals surface area contributed by atoms with Crippen molar-refractivity contribution in [2.75, 3.05) is 40.3 Å². The summed E-state index contributed by atoms with van der Waals surface area (Å²) in [4.78, 5) is 14.2. The van der Waals surface area contributed by atoms with Crippen LogP contribution in [-0.2, 0) is 32.5 Å². The lowest BCUT2D eigenvalue weighted by molar-refractivity contribution is 0.270. The molecule has 0 radical (unpaired) electrons. The van der Waals surface area contributed by atoms with E-state index in [2.05, 4.69) is 92.7 Å². The largest absolute Gasteiger partial charge is 0.390 e. The normalized spacial score (nSPS) is 18.8. The molecule has 2 saturated heterocycles. The van der Waals surface area contributed by atoms with Gasteiger partial charge in [0.2, 0.25) is 0 Å². The molecule has 0 aliphatic carbocycles. The number of aliphatic hydroxyl groups is 1. The second kappa shape index (κ2) is 12.7. The Hall–Kier alpha value is -3.78. The Kier molecular flexibility index (Phi) is 8.35. The Morgan fingerprint density at radius 2 is 1.18 bits per heavy atom. The summed E-state index contributed by atoms with van der Waals surface area (Å²) in [6, 6.07) is 17.6. The first-order valence-corrected chi connectivity index (χ1v) is 16.3. The summed E-state index contributed by atoms with van der Waals surface area (Å²) < 4.78 is 4.53. The number of hydrogen-bond acceptors (Lipinski definition) is 5. The average Bonchev–Trinajstić information content (AvgIpc) is 3.61. The van der Waals surface area contributed by atoms with Crippen LogP contribution in [0.15, 0.2) is 78.3 Å². The van der Waals surface area contributed by atoms with Gasteiger partial charge in [0.1, 0.15) is 11.6 Å². The van der Waals surface area contributed by atoms with E-state index < -0.39 is 0 Å². The van der Waals surface area contributed by atoms with E-state index in [1.165, 1.54) is 44.8 Å². The zero-order chi connectivity index (χ0) is 30.0. The standard InChI is InChI=1S/C19H23N3O.C18H21N3/c1-21-9-6-15(7-10-21)18-17-5-3-2-4-14(17)8-11-22-16(13-23)12-20-19(18)22;1-20-10-6-15(7-11-20)17-16-5-3-2-4-14(16)8-12-21-13-9-19-18(17)21/h2-5,12,23H,6-11,13H2,1H3;2-5,9,13H,6-8,10-12H2,1H3. The number of likely N-dealkylation sites (tertiary alicyclic amines) is 2. The first-order chi connectivity index (χ1) is 21.6. The van der Waals surface area contributed by atoms with Crippen LogP contribution in [0.25, 0.3) is 11.1 Å². The monoisotopic (exact) mass is 588 g/mol. The highest BCUT2D eigenvalue weighted by Gasteiger charge is 2.26. The molecule has 4 aromatic rings. The summed E-state index contributed by atoms with van der Waals surface area (Å²) >= 11 is 0. The number of aliphatic hydroxyl groups excluding tert-OH is 1. The maximum absolute atomic E-state index is 9.64. The minimum Gasteiger partial charge on any atom is -0.390 e. The maximum Gasteiger partial charge on any atom is 0.140 e. The van der Waals surface area contributed by atoms with Gasteiger partial charge >= 0.3 is 0 Å². The predicted octanol–water partition coefficient (Wildman–Crippen LogP) is 5.43. The van der Waals surface area contributed by atoms with E-state index in [4.69, 9.17) is 4.98 Å². The van der Waals surface area contributed by atoms with Gasteiger partial charge in [0.05, 0.1) is 18.5 Å². The van der Waals surface area contributed by atoms with Gasteiger partial charge in [-0.15, -0.1) is 0 Å². The van der Waals surface area contributed by atoms with E-state index in [0.29, 0.717) is 0 Å². The zero-order valence-electron chi connectivity index (χ0n) is 26.2. The van der Waals surface area contributed by atoms with Gasteiger partial charge in [0, 0.05) is 62.8 Å². The molecule has 0 saturated carbocycles. The molecule has 2 fully saturated rings. The lowest BCUT2D eigenvalue weighted by Crippen LogP contribution is -2.27. The van der Waals surface area contributed by atoms with E-state index in [1.807, 2.05) is 12.4 Å². The van der Waals surface area contributed by atoms with Crippen molar-refractivity contribution in [2.24, 2.45) is 0 Å². The van der Waals surface area contributed by atoms with Gasteiger partial charge < -0.3 is 24.0 Å². The lowest BCUT2D eigenvalue weighted by atomic mass is 9.90. The molecule has 4 aliphatic heterocycles. The molecule has 228 valence electrons. The van der Waals surface area contributed by atoms with E-state index >= 15 is 0 Å². The van der Waals surface area contributed by atoms with Gasteiger partial charge in [-0.05, 0) is 74.9 Å². The molecule has 2 aromatic heterocycles. The molecule has 0 bridgehead atoms. The van der Waals surface area contributed by atoms with Crippen LogP contribution in [0.5, 0.6) is 0 Å². The minimum absolute atomic E-state index is 0.0503. The summed E-state index contributed by atoms with van der Waals surface area (Å²) in [5, 5.41) is 9.64. The van der Waals surface area contributed by atoms with Crippen LogP contribution in [0.4, 0.5) is 0 Å². The number of rotatable bonds is 1. The quantitative estimate of drug-likeness (QED) is 0.322. The van der Waals surface area contributed by atoms with Crippen LogP contribution in [0, 0.1) is 0 Å². The molecule has 7 heteroatoms. The Morgan fingerprint density at radius 3 is 1.77 bits per heavy atom. The topological polar surface area (TPSA) is 62.4 Å². The van der Waals surface area contributed by atoms with Gasteiger partial charge in [-0.2, -0.15) is 0 Å². The summed E-state index contributed by atoms with van der Waals surface area (Å²) in [7, 11) is 4.40. The Morgan fingerprint density at radius 1 is 0.636 bits per heavy atom. The fourth-order valence-electron chi connectivity index (χ4n) is 7.36. The fourth-order valence-corrected chi connectivity index (χ4v) is 7.36. The third kappa shape index (κ3) is 5.60. The molecule has 2 aromatic carbocycles. The van der Waals surface area contributed by atoms with Crippen molar-refractivity contribution in [2.45, 2.75) is 58.2 Å². The van der Waals surface area contributed by atoms with Crippen LogP contribution in [-0.4, -0.2) is 74.3 Å². The van der Waals surface area contributed by atoms with Crippen LogP contribution in [0.3, 0.4) is 0 Å². The highest BCUT2D eigenvalue weighted by Crippen LogP contribution is 2.37. The Labute approximate surface area is 261 Å². The van der Waals surface area contributed by atoms with Crippen LogP contribution in [0.1, 0.15) is 65.3 Å². The van der Waals surface area contributed by atoms with E-state index in [0.717, 1.165) is 89.3 Å². The molecule has 0 amide bonds. The first-order valence-electron chi connectivity index (χ1n) is 16.3. The van der Waals surface area contributed by atoms with Gasteiger partial charge in [-0.25, -0.2) is 9.97 Å². The minimum atomic E-state index is 0.0503. The maximum atomic E-state index is 9.64. The van der Waals surface area contributed by atoms with Gasteiger partial charge in [0.15, 0.2) is 0 Å². The molecule has 0 spiro atoms. The third-order valence-electron chi connectivity index (χ3n) is 9.95. The number of piperidine rings is 2. The number of aromatic nitrogens is 4. The first kappa shape index (κ1) is 29.0. The van der Waals surface area contributed by atoms with E-state index in [9.17, 15) is 5.11 Å². The molecular formula is C37H44N6O. The van der Waals surface area contributed by atoms with Crippen molar-refractivity contribution in [3.63, 3.8) is 0 Å². The summed E-state index contributed by atoms with van der Waals surface area (Å²) in [5.74, 6) is 2.21. The summed E-state index contributed by atoms with van der Waals surface area (Å²) in [6.07, 6.45) is 12.5. The molecule has 0 unspecified atom stereocenters. The zero-order valence-corrected chi connectivity index (χ0v) is 26.2. The molecule has 7 nitrogen and oxygen atoms in total. The fraction of sp³-hybridized carbons (Fsp3) is 0.405. The Bertz CT molecular complexity index is 1690. The van der Waals surface area contributed by atoms with Crippen molar-refractivity contribution in [3.8, 4) is 0 Å². The number of fused-ring (bicyclic) bond motifs is 4. The van der Waals surface area contributed by atoms with Crippen molar-refractivity contribution >= 4 is 11.1 Å². The van der Waals surface area contributed by atoms with Gasteiger partial charge in [-0.3, -0.25) is 0 Å². The van der Waals surface area contributed by atoms with Crippen molar-refractivity contribution in [3.05, 3.63) is 118 Å². The second-order valence-electron chi connectivity index (χ2n) is 12.7. The SMILES string of the molecule is CN1CCC(=C2c3ccccc3CCn3c(CO)cnc32)CC1.CN1CCC(=C2c3ccccc3CCn3ccnc32)CC1. The molecule has 1 N–H and O–H groups in total. The highest BCUT2D eigenvalue weighted by atomic mass is 16.3. The number of imidazole rings is 2. The average molecular weight is 589 g/mol. The van der Waals surface area contributed by atoms with Gasteiger partial charge in [0.25, 0.3) is 0 Å². The van der Waals surface area contributed by atoms with Crippen LogP contribution < -0.4 is 0 Å². The van der Waals surface area contributed by atoms with Crippen LogP contribution in [0.2, 0.25) is 0 Å². The summed E-state index contributed by atoms with van der Waals surface area (Å²) in [6.45, 7) is 6.49. The molecule has 0 atom stereocenters. The van der Waals surface area contributed by atoms with E-state index in [-0.39, 0.29) is 6.61 Å². The smallest absolute Gasteiger partial charge is 0.140 e. The predicted molar refractivity (Wildman–Crippen MR) is 176 cm³/mol. The van der Waals surface area contributed by atoms with Crippen molar-refractivity contribution in [1.82, 2.24) is 28.9 Å². The number of aryl methyl sites for hydroxylation is 3. The molecule has 4 aliphatic rings. The van der Waals surface area contributed by atoms with Crippen molar-refractivity contribution in [1.29, 1.82) is 0 Å². The molecular weight excluding hydrogens is 544 g/mol. The van der Waals surface area contributed by atoms with Crippen LogP contribution >= 0.6 is 0 Å². The third-order valence-corrected chi connectivity index (χ3v) is 9.95. The number of hydrogen-bond donors (Lipinski definition) is 1. The molecule has 6 heterocycles. The highest BCUT2D eigenvalue weighted by molar-refractivity contribution is 5.82. The van der Waals surface area contributed by atoms with E-state index in [1.54, 1.807) is 5.57 Å².